The van der Waals surface area contributed by atoms with Gasteiger partial charge in [-0.25, -0.2) is 4.79 Å². The zero-order valence-corrected chi connectivity index (χ0v) is 12.4. The monoisotopic (exact) mass is 332 g/mol. The van der Waals surface area contributed by atoms with Crippen LogP contribution in [0.25, 0.3) is 5.52 Å². The van der Waals surface area contributed by atoms with E-state index in [0.717, 1.165) is 5.52 Å². The van der Waals surface area contributed by atoms with E-state index < -0.39 is 12.6 Å². The molecule has 0 fully saturated rings. The lowest BCUT2D eigenvalue weighted by molar-refractivity contribution is -0.0498. The topological polar surface area (TPSA) is 63.0 Å². The van der Waals surface area contributed by atoms with E-state index in [1.54, 1.807) is 47.0 Å². The summed E-state index contributed by atoms with van der Waals surface area (Å²) in [4.78, 5) is 11.6. The first-order valence-electron chi connectivity index (χ1n) is 7.15. The Hall–Kier alpha value is -3.09. The molecular weight excluding hydrogens is 318 g/mol. The summed E-state index contributed by atoms with van der Waals surface area (Å²) in [7, 11) is 0. The van der Waals surface area contributed by atoms with Gasteiger partial charge < -0.3 is 19.6 Å². The minimum atomic E-state index is -2.89. The molecule has 0 aliphatic carbocycles. The van der Waals surface area contributed by atoms with Crippen LogP contribution in [-0.4, -0.2) is 22.1 Å². The summed E-state index contributed by atoms with van der Waals surface area (Å²) in [6, 6.07) is 13.3. The van der Waals surface area contributed by atoms with Crippen molar-refractivity contribution in [3.63, 3.8) is 0 Å². The molecule has 0 radical (unpaired) electrons. The predicted molar refractivity (Wildman–Crippen MR) is 84.8 cm³/mol. The third-order valence-electron chi connectivity index (χ3n) is 3.51. The van der Waals surface area contributed by atoms with Crippen LogP contribution in [0, 0.1) is 0 Å². The molecule has 2 heterocycles. The number of aromatic carboxylic acids is 1. The van der Waals surface area contributed by atoms with E-state index in [9.17, 15) is 18.7 Å². The number of alkyl halides is 2. The van der Waals surface area contributed by atoms with Crippen molar-refractivity contribution >= 4 is 17.2 Å². The second kappa shape index (κ2) is 6.57. The number of halogens is 2. The van der Waals surface area contributed by atoms with Crippen molar-refractivity contribution < 1.29 is 23.4 Å². The van der Waals surface area contributed by atoms with Crippen molar-refractivity contribution in [3.8, 4) is 5.75 Å². The van der Waals surface area contributed by atoms with Crippen molar-refractivity contribution in [1.82, 2.24) is 4.40 Å². The molecule has 0 bridgehead atoms. The molecule has 0 saturated carbocycles. The second-order valence-corrected chi connectivity index (χ2v) is 5.08. The number of hydrogen-bond donors (Lipinski definition) is 2. The fourth-order valence-electron chi connectivity index (χ4n) is 2.50. The average Bonchev–Trinajstić information content (AvgIpc) is 3.00. The van der Waals surface area contributed by atoms with Crippen LogP contribution in [-0.2, 0) is 6.54 Å². The highest BCUT2D eigenvalue weighted by Gasteiger charge is 2.14. The molecule has 7 heteroatoms. The maximum atomic E-state index is 12.3. The standard InChI is InChI=1S/C17H14F2N2O3/c18-17(19)24-13-5-1-3-11(9-13)10-20-14-7-6-12-4-2-8-21(12)15(14)16(22)23/h1-9,17,20H,10H2,(H,22,23). The molecule has 0 atom stereocenters. The van der Waals surface area contributed by atoms with E-state index in [2.05, 4.69) is 10.1 Å². The Morgan fingerprint density at radius 3 is 2.79 bits per heavy atom. The van der Waals surface area contributed by atoms with Crippen LogP contribution >= 0.6 is 0 Å². The van der Waals surface area contributed by atoms with Gasteiger partial charge in [0.15, 0.2) is 5.69 Å². The van der Waals surface area contributed by atoms with Gasteiger partial charge in [0.2, 0.25) is 0 Å². The van der Waals surface area contributed by atoms with Crippen LogP contribution in [0.1, 0.15) is 16.1 Å². The number of carboxylic acid groups (broad SMARTS) is 1. The van der Waals surface area contributed by atoms with Crippen LogP contribution in [0.2, 0.25) is 0 Å². The molecule has 0 spiro atoms. The fourth-order valence-corrected chi connectivity index (χ4v) is 2.50. The summed E-state index contributed by atoms with van der Waals surface area (Å²) >= 11 is 0. The first-order valence-corrected chi connectivity index (χ1v) is 7.15. The number of carboxylic acids is 1. The van der Waals surface area contributed by atoms with Gasteiger partial charge >= 0.3 is 12.6 Å². The lowest BCUT2D eigenvalue weighted by Gasteiger charge is -2.12. The molecule has 0 saturated heterocycles. The number of nitrogens with one attached hydrogen (secondary N) is 1. The van der Waals surface area contributed by atoms with Crippen molar-refractivity contribution in [2.45, 2.75) is 13.2 Å². The van der Waals surface area contributed by atoms with Crippen LogP contribution < -0.4 is 10.1 Å². The molecule has 0 amide bonds. The Morgan fingerprint density at radius 2 is 2.04 bits per heavy atom. The largest absolute Gasteiger partial charge is 0.476 e. The Balaban J connectivity index is 1.83. The summed E-state index contributed by atoms with van der Waals surface area (Å²) < 4.78 is 30.4. The van der Waals surface area contributed by atoms with Crippen LogP contribution in [0.5, 0.6) is 5.75 Å². The Morgan fingerprint density at radius 1 is 1.21 bits per heavy atom. The summed E-state index contributed by atoms with van der Waals surface area (Å²) in [5.74, 6) is -1.00. The van der Waals surface area contributed by atoms with Crippen LogP contribution in [0.3, 0.4) is 0 Å². The number of hydrogen-bond acceptors (Lipinski definition) is 3. The molecule has 124 valence electrons. The molecule has 5 nitrogen and oxygen atoms in total. The number of aromatic nitrogens is 1. The molecule has 3 aromatic rings. The van der Waals surface area contributed by atoms with Crippen molar-refractivity contribution in [2.75, 3.05) is 5.32 Å². The molecule has 0 aliphatic heterocycles. The molecule has 0 aliphatic rings. The third kappa shape index (κ3) is 3.29. The van der Waals surface area contributed by atoms with E-state index in [4.69, 9.17) is 0 Å². The van der Waals surface area contributed by atoms with Gasteiger partial charge in [-0.2, -0.15) is 8.78 Å². The highest BCUT2D eigenvalue weighted by molar-refractivity contribution is 5.93. The number of anilines is 1. The van der Waals surface area contributed by atoms with Gasteiger partial charge in [-0.3, -0.25) is 0 Å². The van der Waals surface area contributed by atoms with Gasteiger partial charge in [-0.1, -0.05) is 12.1 Å². The highest BCUT2D eigenvalue weighted by atomic mass is 19.3. The van der Waals surface area contributed by atoms with Gasteiger partial charge in [0.25, 0.3) is 0 Å². The first-order chi connectivity index (χ1) is 11.5. The van der Waals surface area contributed by atoms with E-state index in [1.807, 2.05) is 0 Å². The van der Waals surface area contributed by atoms with Crippen molar-refractivity contribution in [1.29, 1.82) is 0 Å². The van der Waals surface area contributed by atoms with Gasteiger partial charge in [-0.05, 0) is 42.0 Å². The Bertz CT molecular complexity index is 877. The fraction of sp³-hybridized carbons (Fsp3) is 0.118. The van der Waals surface area contributed by atoms with E-state index in [0.29, 0.717) is 11.3 Å². The zero-order valence-electron chi connectivity index (χ0n) is 12.4. The van der Waals surface area contributed by atoms with Gasteiger partial charge in [0, 0.05) is 18.3 Å². The maximum Gasteiger partial charge on any atom is 0.387 e. The van der Waals surface area contributed by atoms with Gasteiger partial charge in [0.05, 0.1) is 5.69 Å². The molecule has 0 unspecified atom stereocenters. The summed E-state index contributed by atoms with van der Waals surface area (Å²) in [5.41, 5.74) is 2.01. The van der Waals surface area contributed by atoms with E-state index >= 15 is 0 Å². The molecule has 2 aromatic heterocycles. The lowest BCUT2D eigenvalue weighted by Crippen LogP contribution is -2.11. The quantitative estimate of drug-likeness (QED) is 0.720. The summed E-state index contributed by atoms with van der Waals surface area (Å²) in [5, 5.41) is 12.5. The highest BCUT2D eigenvalue weighted by Crippen LogP contribution is 2.21. The number of benzene rings is 1. The normalized spacial score (nSPS) is 11.0. The number of nitrogens with zero attached hydrogens (tertiary/aromatic N) is 1. The number of rotatable bonds is 6. The van der Waals surface area contributed by atoms with E-state index in [-0.39, 0.29) is 18.0 Å². The van der Waals surface area contributed by atoms with Crippen molar-refractivity contribution in [2.24, 2.45) is 0 Å². The summed E-state index contributed by atoms with van der Waals surface area (Å²) in [6.07, 6.45) is 1.67. The minimum absolute atomic E-state index is 0.0589. The molecule has 24 heavy (non-hydrogen) atoms. The summed E-state index contributed by atoms with van der Waals surface area (Å²) in [6.45, 7) is -2.61. The predicted octanol–water partition coefficient (Wildman–Crippen LogP) is 3.85. The van der Waals surface area contributed by atoms with E-state index in [1.165, 1.54) is 12.1 Å². The third-order valence-corrected chi connectivity index (χ3v) is 3.51. The van der Waals surface area contributed by atoms with Gasteiger partial charge in [0.1, 0.15) is 5.75 Å². The number of carbonyl (C=O) groups is 1. The van der Waals surface area contributed by atoms with Gasteiger partial charge in [-0.15, -0.1) is 0 Å². The smallest absolute Gasteiger partial charge is 0.387 e. The molecule has 1 aromatic carbocycles. The maximum absolute atomic E-state index is 12.3. The second-order valence-electron chi connectivity index (χ2n) is 5.08. The molecule has 3 rings (SSSR count). The first kappa shape index (κ1) is 15.8. The number of pyridine rings is 1. The lowest BCUT2D eigenvalue weighted by atomic mass is 10.2. The average molecular weight is 332 g/mol. The SMILES string of the molecule is O=C(O)c1c(NCc2cccc(OC(F)F)c2)ccc2cccn12. The minimum Gasteiger partial charge on any atom is -0.476 e. The number of ether oxygens (including phenoxy) is 1. The Kier molecular flexibility index (Phi) is 4.33. The zero-order chi connectivity index (χ0) is 17.1. The molecule has 2 N–H and O–H groups in total. The Labute approximate surface area is 136 Å². The van der Waals surface area contributed by atoms with Crippen LogP contribution in [0.4, 0.5) is 14.5 Å². The number of fused-ring (bicyclic) bond motifs is 1. The van der Waals surface area contributed by atoms with Crippen molar-refractivity contribution in [3.05, 3.63) is 66.0 Å². The molecular formula is C17H14F2N2O3. The van der Waals surface area contributed by atoms with Crippen LogP contribution in [0.15, 0.2) is 54.7 Å².